The summed E-state index contributed by atoms with van der Waals surface area (Å²) in [5, 5.41) is 3.72. The quantitative estimate of drug-likeness (QED) is 0.176. The second-order valence-electron chi connectivity index (χ2n) is 16.5. The molecule has 1 aliphatic carbocycles. The zero-order chi connectivity index (χ0) is 34.8. The standard InChI is InChI=1S/C35H60N4O5Si2/c1-23(2)46(24(3)4,25(5)6)44-30-18-28(17-27(30)21-42-45(13,14)35(10,11)12)38-32-29(19-36-22-37-32)31(40)26-15-16-39(20-26)33(41)43-34(7,8)9/h15-16,19-20,22-25,27-28,30H,17-18,21H2,1-14H3,(H,36,37,38)/t27-,28-,30+/m1/s1. The zero-order valence-corrected chi connectivity index (χ0v) is 32.9. The average molecular weight is 673 g/mol. The predicted molar refractivity (Wildman–Crippen MR) is 191 cm³/mol. The van der Waals surface area contributed by atoms with Crippen LogP contribution in [-0.2, 0) is 13.6 Å². The molecular formula is C35H60N4O5Si2. The van der Waals surface area contributed by atoms with Crippen LogP contribution in [0.25, 0.3) is 0 Å². The molecule has 0 bridgehead atoms. The Labute approximate surface area is 279 Å². The highest BCUT2D eigenvalue weighted by Crippen LogP contribution is 2.46. The van der Waals surface area contributed by atoms with Crippen molar-refractivity contribution >= 4 is 34.3 Å². The van der Waals surface area contributed by atoms with Crippen LogP contribution in [0.1, 0.15) is 112 Å². The minimum Gasteiger partial charge on any atom is -0.443 e. The number of carbonyl (C=O) groups is 2. The van der Waals surface area contributed by atoms with Crippen molar-refractivity contribution in [2.45, 2.75) is 148 Å². The summed E-state index contributed by atoms with van der Waals surface area (Å²) >= 11 is 0. The van der Waals surface area contributed by atoms with Gasteiger partial charge in [0.25, 0.3) is 0 Å². The Morgan fingerprint density at radius 3 is 2.15 bits per heavy atom. The van der Waals surface area contributed by atoms with Crippen LogP contribution in [0.4, 0.5) is 10.6 Å². The second kappa shape index (κ2) is 14.4. The van der Waals surface area contributed by atoms with Crippen LogP contribution in [0.3, 0.4) is 0 Å². The highest BCUT2D eigenvalue weighted by molar-refractivity contribution is 6.77. The fraction of sp³-hybridized carbons (Fsp3) is 0.714. The number of aromatic nitrogens is 3. The highest BCUT2D eigenvalue weighted by atomic mass is 28.4. The molecule has 1 N–H and O–H groups in total. The third-order valence-corrected chi connectivity index (χ3v) is 20.6. The largest absolute Gasteiger partial charge is 0.443 e. The Bertz CT molecular complexity index is 1320. The van der Waals surface area contributed by atoms with E-state index in [4.69, 9.17) is 13.6 Å². The maximum atomic E-state index is 13.7. The van der Waals surface area contributed by atoms with Gasteiger partial charge in [-0.1, -0.05) is 62.3 Å². The fourth-order valence-electron chi connectivity index (χ4n) is 6.64. The number of nitrogens with one attached hydrogen (secondary N) is 1. The van der Waals surface area contributed by atoms with Gasteiger partial charge in [0, 0.05) is 42.7 Å². The van der Waals surface area contributed by atoms with Gasteiger partial charge in [-0.3, -0.25) is 9.36 Å². The number of carbonyl (C=O) groups excluding carboxylic acids is 2. The van der Waals surface area contributed by atoms with E-state index in [1.807, 2.05) is 0 Å². The molecule has 0 aliphatic heterocycles. The third-order valence-electron chi connectivity index (χ3n) is 10.0. The Balaban J connectivity index is 1.88. The number of rotatable bonds is 12. The first-order valence-corrected chi connectivity index (χ1v) is 22.0. The summed E-state index contributed by atoms with van der Waals surface area (Å²) in [6.45, 7) is 31.5. The van der Waals surface area contributed by atoms with E-state index in [0.29, 0.717) is 40.2 Å². The molecule has 258 valence electrons. The molecule has 1 fully saturated rings. The number of nitrogens with zero attached hydrogens (tertiary/aromatic N) is 3. The molecule has 2 aromatic heterocycles. The fourth-order valence-corrected chi connectivity index (χ4v) is 13.3. The normalized spacial score (nSPS) is 19.7. The van der Waals surface area contributed by atoms with E-state index in [1.165, 1.54) is 23.3 Å². The van der Waals surface area contributed by atoms with E-state index in [0.717, 1.165) is 12.8 Å². The molecule has 3 rings (SSSR count). The van der Waals surface area contributed by atoms with E-state index < -0.39 is 28.3 Å². The number of anilines is 1. The van der Waals surface area contributed by atoms with Gasteiger partial charge in [-0.25, -0.2) is 14.8 Å². The maximum Gasteiger partial charge on any atom is 0.418 e. The molecule has 0 saturated heterocycles. The molecule has 1 aliphatic rings. The lowest BCUT2D eigenvalue weighted by atomic mass is 10.1. The summed E-state index contributed by atoms with van der Waals surface area (Å²) in [5.41, 5.74) is 1.49. The van der Waals surface area contributed by atoms with Crippen molar-refractivity contribution in [1.29, 1.82) is 0 Å². The lowest BCUT2D eigenvalue weighted by Gasteiger charge is -2.45. The van der Waals surface area contributed by atoms with E-state index >= 15 is 0 Å². The third kappa shape index (κ3) is 8.76. The van der Waals surface area contributed by atoms with Gasteiger partial charge in [-0.05, 0) is 74.4 Å². The van der Waals surface area contributed by atoms with Crippen molar-refractivity contribution in [2.24, 2.45) is 5.92 Å². The van der Waals surface area contributed by atoms with E-state index in [1.54, 1.807) is 33.0 Å². The van der Waals surface area contributed by atoms with Crippen LogP contribution in [-0.4, -0.2) is 67.4 Å². The van der Waals surface area contributed by atoms with Crippen molar-refractivity contribution in [2.75, 3.05) is 11.9 Å². The lowest BCUT2D eigenvalue weighted by molar-refractivity contribution is 0.0537. The van der Waals surface area contributed by atoms with Crippen molar-refractivity contribution in [1.82, 2.24) is 14.5 Å². The number of hydrogen-bond donors (Lipinski definition) is 1. The Hall–Kier alpha value is -2.35. The van der Waals surface area contributed by atoms with Gasteiger partial charge < -0.3 is 18.9 Å². The Kier molecular flexibility index (Phi) is 11.9. The maximum absolute atomic E-state index is 13.7. The lowest BCUT2D eigenvalue weighted by Crippen LogP contribution is -2.51. The molecule has 0 spiro atoms. The molecule has 2 aromatic rings. The predicted octanol–water partition coefficient (Wildman–Crippen LogP) is 9.07. The first-order chi connectivity index (χ1) is 21.1. The summed E-state index contributed by atoms with van der Waals surface area (Å²) in [6.07, 6.45) is 7.19. The Morgan fingerprint density at radius 2 is 1.61 bits per heavy atom. The minimum atomic E-state index is -2.15. The Morgan fingerprint density at radius 1 is 1.00 bits per heavy atom. The van der Waals surface area contributed by atoms with Gasteiger partial charge in [0.15, 0.2) is 14.1 Å². The monoisotopic (exact) mass is 672 g/mol. The molecule has 9 nitrogen and oxygen atoms in total. The summed E-state index contributed by atoms with van der Waals surface area (Å²) in [6, 6.07) is 1.66. The van der Waals surface area contributed by atoms with Gasteiger partial charge in [-0.15, -0.1) is 0 Å². The van der Waals surface area contributed by atoms with Gasteiger partial charge in [0.1, 0.15) is 17.7 Å². The summed E-state index contributed by atoms with van der Waals surface area (Å²) < 4.78 is 20.9. The van der Waals surface area contributed by atoms with Crippen LogP contribution in [0.15, 0.2) is 31.0 Å². The van der Waals surface area contributed by atoms with Crippen molar-refractivity contribution in [3.8, 4) is 0 Å². The smallest absolute Gasteiger partial charge is 0.418 e. The highest BCUT2D eigenvalue weighted by Gasteiger charge is 2.50. The summed E-state index contributed by atoms with van der Waals surface area (Å²) in [4.78, 5) is 34.9. The molecule has 0 amide bonds. The van der Waals surface area contributed by atoms with Gasteiger partial charge in [0.05, 0.1) is 11.7 Å². The van der Waals surface area contributed by atoms with Crippen LogP contribution >= 0.6 is 0 Å². The summed E-state index contributed by atoms with van der Waals surface area (Å²) in [7, 11) is -4.12. The molecule has 0 aromatic carbocycles. The number of ether oxygens (including phenoxy) is 1. The van der Waals surface area contributed by atoms with Crippen molar-refractivity contribution in [3.05, 3.63) is 42.1 Å². The van der Waals surface area contributed by atoms with Gasteiger partial charge in [0.2, 0.25) is 8.32 Å². The molecule has 46 heavy (non-hydrogen) atoms. The molecule has 0 unspecified atom stereocenters. The molecular weight excluding hydrogens is 613 g/mol. The topological polar surface area (TPSA) is 105 Å². The summed E-state index contributed by atoms with van der Waals surface area (Å²) in [5.74, 6) is 0.443. The zero-order valence-electron chi connectivity index (χ0n) is 30.9. The van der Waals surface area contributed by atoms with Crippen LogP contribution in [0, 0.1) is 5.92 Å². The molecule has 11 heteroatoms. The van der Waals surface area contributed by atoms with Crippen LogP contribution < -0.4 is 5.32 Å². The van der Waals surface area contributed by atoms with E-state index in [-0.39, 0.29) is 28.9 Å². The van der Waals surface area contributed by atoms with Gasteiger partial charge >= 0.3 is 6.09 Å². The minimum absolute atomic E-state index is 0.0454. The van der Waals surface area contributed by atoms with Crippen molar-refractivity contribution < 1.29 is 23.2 Å². The molecule has 1 saturated carbocycles. The first kappa shape index (κ1) is 38.1. The second-order valence-corrected chi connectivity index (χ2v) is 26.7. The molecule has 3 atom stereocenters. The average Bonchev–Trinajstić information content (AvgIpc) is 3.56. The van der Waals surface area contributed by atoms with Gasteiger partial charge in [-0.2, -0.15) is 0 Å². The van der Waals surface area contributed by atoms with Crippen molar-refractivity contribution in [3.63, 3.8) is 0 Å². The van der Waals surface area contributed by atoms with E-state index in [2.05, 4.69) is 90.7 Å². The number of hydrogen-bond acceptors (Lipinski definition) is 8. The van der Waals surface area contributed by atoms with E-state index in [9.17, 15) is 9.59 Å². The van der Waals surface area contributed by atoms with Crippen LogP contribution in [0.2, 0.25) is 34.8 Å². The first-order valence-electron chi connectivity index (χ1n) is 16.9. The molecule has 2 heterocycles. The number of ketones is 1. The molecule has 0 radical (unpaired) electrons. The SMILES string of the molecule is CC(C)[Si](O[C@H]1C[C@H](Nc2ncncc2C(=O)c2ccn(C(=O)OC(C)(C)C)c2)C[C@@H]1CO[Si](C)(C)C(C)(C)C)(C(C)C)C(C)C. The van der Waals surface area contributed by atoms with Crippen LogP contribution in [0.5, 0.6) is 0 Å².